The highest BCUT2D eigenvalue weighted by Gasteiger charge is 2.23. The molecule has 0 saturated carbocycles. The summed E-state index contributed by atoms with van der Waals surface area (Å²) in [7, 11) is -0.742. The molecule has 0 bridgehead atoms. The second-order valence-corrected chi connectivity index (χ2v) is 8.83. The molecule has 3 aromatic rings. The summed E-state index contributed by atoms with van der Waals surface area (Å²) in [5.74, 6) is 1.91. The summed E-state index contributed by atoms with van der Waals surface area (Å²) in [6.07, 6.45) is 1.60. The summed E-state index contributed by atoms with van der Waals surface area (Å²) in [4.78, 5) is 8.70. The smallest absolute Gasteiger partial charge is 0.246 e. The average Bonchev–Trinajstić information content (AvgIpc) is 3.01. The zero-order valence-electron chi connectivity index (χ0n) is 17.5. The van der Waals surface area contributed by atoms with Crippen LogP contribution >= 0.6 is 0 Å². The Morgan fingerprint density at radius 3 is 2.57 bits per heavy atom. The normalized spacial score (nSPS) is 11.5. The number of benzene rings is 1. The van der Waals surface area contributed by atoms with Gasteiger partial charge in [0.05, 0.1) is 12.3 Å². The molecule has 0 aliphatic heterocycles. The predicted molar refractivity (Wildman–Crippen MR) is 115 cm³/mol. The molecule has 10 nitrogen and oxygen atoms in total. The van der Waals surface area contributed by atoms with E-state index in [1.165, 1.54) is 20.2 Å². The lowest BCUT2D eigenvalue weighted by Gasteiger charge is -2.16. The maximum atomic E-state index is 12.7. The Labute approximate surface area is 175 Å². The van der Waals surface area contributed by atoms with Gasteiger partial charge in [-0.1, -0.05) is 0 Å². The van der Waals surface area contributed by atoms with Crippen molar-refractivity contribution in [2.75, 3.05) is 31.3 Å². The van der Waals surface area contributed by atoms with Crippen molar-refractivity contribution in [3.05, 3.63) is 41.7 Å². The van der Waals surface area contributed by atoms with Gasteiger partial charge in [-0.2, -0.15) is 10.1 Å². The number of aromatic amines is 1. The van der Waals surface area contributed by atoms with Crippen LogP contribution in [-0.2, 0) is 10.0 Å². The second kappa shape index (κ2) is 8.67. The third-order valence-electron chi connectivity index (χ3n) is 4.42. The highest BCUT2D eigenvalue weighted by atomic mass is 32.2. The molecule has 11 heteroatoms. The van der Waals surface area contributed by atoms with Crippen LogP contribution in [0, 0.1) is 13.8 Å². The van der Waals surface area contributed by atoms with Gasteiger partial charge in [0, 0.05) is 31.5 Å². The van der Waals surface area contributed by atoms with Crippen LogP contribution in [0.4, 0.5) is 23.3 Å². The molecule has 3 rings (SSSR count). The highest BCUT2D eigenvalue weighted by Crippen LogP contribution is 2.30. The van der Waals surface area contributed by atoms with Gasteiger partial charge in [0.15, 0.2) is 0 Å². The first-order chi connectivity index (χ1) is 14.2. The van der Waals surface area contributed by atoms with Crippen LogP contribution in [-0.4, -0.2) is 53.6 Å². The van der Waals surface area contributed by atoms with E-state index in [0.717, 1.165) is 21.4 Å². The van der Waals surface area contributed by atoms with Crippen molar-refractivity contribution in [3.8, 4) is 5.75 Å². The van der Waals surface area contributed by atoms with Gasteiger partial charge in [-0.3, -0.25) is 5.10 Å². The lowest BCUT2D eigenvalue weighted by Crippen LogP contribution is -2.23. The van der Waals surface area contributed by atoms with E-state index < -0.39 is 10.0 Å². The van der Waals surface area contributed by atoms with Crippen LogP contribution in [0.15, 0.2) is 35.4 Å². The van der Waals surface area contributed by atoms with Crippen LogP contribution in [0.2, 0.25) is 0 Å². The summed E-state index contributed by atoms with van der Waals surface area (Å²) in [5, 5.41) is 13.3. The van der Waals surface area contributed by atoms with E-state index in [0.29, 0.717) is 24.1 Å². The second-order valence-electron chi connectivity index (χ2n) is 6.71. The zero-order chi connectivity index (χ0) is 21.9. The summed E-state index contributed by atoms with van der Waals surface area (Å²) in [6, 6.07) is 6.56. The Morgan fingerprint density at radius 2 is 1.93 bits per heavy atom. The minimum Gasteiger partial charge on any atom is -0.492 e. The van der Waals surface area contributed by atoms with E-state index in [2.05, 4.69) is 30.8 Å². The molecule has 0 radical (unpaired) electrons. The van der Waals surface area contributed by atoms with Crippen molar-refractivity contribution in [3.63, 3.8) is 0 Å². The van der Waals surface area contributed by atoms with Crippen molar-refractivity contribution in [2.45, 2.75) is 25.7 Å². The lowest BCUT2D eigenvalue weighted by atomic mass is 10.3. The number of nitrogens with zero attached hydrogens (tertiary/aromatic N) is 4. The number of sulfonamides is 1. The molecule has 3 N–H and O–H groups in total. The number of rotatable bonds is 8. The topological polar surface area (TPSA) is 125 Å². The van der Waals surface area contributed by atoms with E-state index in [1.807, 2.05) is 13.8 Å². The number of ether oxygens (including phenoxy) is 1. The van der Waals surface area contributed by atoms with Crippen molar-refractivity contribution in [1.82, 2.24) is 24.5 Å². The van der Waals surface area contributed by atoms with Crippen LogP contribution < -0.4 is 15.4 Å². The molecule has 160 valence electrons. The molecule has 2 aromatic heterocycles. The van der Waals surface area contributed by atoms with Gasteiger partial charge >= 0.3 is 0 Å². The minimum atomic E-state index is -3.69. The Hall–Kier alpha value is -3.18. The maximum Gasteiger partial charge on any atom is 0.246 e. The quantitative estimate of drug-likeness (QED) is 0.497. The number of aromatic nitrogens is 4. The molecule has 0 aliphatic carbocycles. The molecule has 0 amide bonds. The van der Waals surface area contributed by atoms with Crippen molar-refractivity contribution in [1.29, 1.82) is 0 Å². The van der Waals surface area contributed by atoms with Gasteiger partial charge in [0.2, 0.25) is 16.0 Å². The van der Waals surface area contributed by atoms with E-state index in [4.69, 9.17) is 4.74 Å². The van der Waals surface area contributed by atoms with Crippen molar-refractivity contribution in [2.24, 2.45) is 0 Å². The molecule has 0 atom stereocenters. The van der Waals surface area contributed by atoms with Crippen LogP contribution in [0.1, 0.15) is 18.2 Å². The summed E-state index contributed by atoms with van der Waals surface area (Å²) in [5.41, 5.74) is 2.41. The average molecular weight is 432 g/mol. The number of aryl methyl sites for hydroxylation is 1. The van der Waals surface area contributed by atoms with Crippen molar-refractivity contribution >= 4 is 33.3 Å². The Morgan fingerprint density at radius 1 is 1.17 bits per heavy atom. The minimum absolute atomic E-state index is 0.0668. The summed E-state index contributed by atoms with van der Waals surface area (Å²) in [6.45, 7) is 6.02. The zero-order valence-corrected chi connectivity index (χ0v) is 18.3. The SMILES string of the molecule is CCOc1ccc(Nc2nccc(Nc3[nH]nc(C)c3C)n2)cc1S(=O)(=O)N(C)C. The third kappa shape index (κ3) is 4.52. The molecule has 30 heavy (non-hydrogen) atoms. The van der Waals surface area contributed by atoms with Gasteiger partial charge in [-0.25, -0.2) is 17.7 Å². The molecule has 0 unspecified atom stereocenters. The molecular formula is C19H25N7O3S. The molecule has 0 fully saturated rings. The van der Waals surface area contributed by atoms with Crippen LogP contribution in [0.25, 0.3) is 0 Å². The largest absolute Gasteiger partial charge is 0.492 e. The Balaban J connectivity index is 1.88. The van der Waals surface area contributed by atoms with Gasteiger partial charge < -0.3 is 15.4 Å². The van der Waals surface area contributed by atoms with Crippen LogP contribution in [0.3, 0.4) is 0 Å². The number of hydrogen-bond acceptors (Lipinski definition) is 8. The van der Waals surface area contributed by atoms with E-state index in [-0.39, 0.29) is 10.6 Å². The molecule has 2 heterocycles. The summed E-state index contributed by atoms with van der Waals surface area (Å²) < 4.78 is 32.0. The molecular weight excluding hydrogens is 406 g/mol. The molecule has 0 aliphatic rings. The van der Waals surface area contributed by atoms with Crippen molar-refractivity contribution < 1.29 is 13.2 Å². The fourth-order valence-electron chi connectivity index (χ4n) is 2.61. The molecule has 1 aromatic carbocycles. The fraction of sp³-hybridized carbons (Fsp3) is 0.316. The molecule has 0 spiro atoms. The Bertz CT molecular complexity index is 1140. The first-order valence-corrected chi connectivity index (χ1v) is 10.7. The number of H-pyrrole nitrogens is 1. The molecule has 0 saturated heterocycles. The monoisotopic (exact) mass is 431 g/mol. The first-order valence-electron chi connectivity index (χ1n) is 9.30. The van der Waals surface area contributed by atoms with Gasteiger partial charge in [-0.05, 0) is 45.0 Å². The van der Waals surface area contributed by atoms with E-state index >= 15 is 0 Å². The number of hydrogen-bond donors (Lipinski definition) is 3. The fourth-order valence-corrected chi connectivity index (χ4v) is 3.67. The number of nitrogens with one attached hydrogen (secondary N) is 3. The maximum absolute atomic E-state index is 12.7. The third-order valence-corrected chi connectivity index (χ3v) is 6.26. The summed E-state index contributed by atoms with van der Waals surface area (Å²) >= 11 is 0. The first kappa shape index (κ1) is 21.5. The standard InChI is InChI=1S/C19H25N7O3S/c1-6-29-15-8-7-14(11-16(15)30(27,28)26(4)5)21-19-20-10-9-17(23-19)22-18-12(2)13(3)24-25-18/h7-11H,6H2,1-5H3,(H3,20,21,22,23,24,25). The van der Waals surface area contributed by atoms with E-state index in [9.17, 15) is 8.42 Å². The van der Waals surface area contributed by atoms with Gasteiger partial charge in [0.1, 0.15) is 22.3 Å². The van der Waals surface area contributed by atoms with Gasteiger partial charge in [-0.15, -0.1) is 0 Å². The van der Waals surface area contributed by atoms with Gasteiger partial charge in [0.25, 0.3) is 0 Å². The number of anilines is 4. The van der Waals surface area contributed by atoms with Crippen LogP contribution in [0.5, 0.6) is 5.75 Å². The highest BCUT2D eigenvalue weighted by molar-refractivity contribution is 7.89. The lowest BCUT2D eigenvalue weighted by molar-refractivity contribution is 0.330. The van der Waals surface area contributed by atoms with E-state index in [1.54, 1.807) is 31.3 Å². The Kier molecular flexibility index (Phi) is 6.22. The predicted octanol–water partition coefficient (Wildman–Crippen LogP) is 2.95.